The fourth-order valence-corrected chi connectivity index (χ4v) is 2.15. The standard InChI is InChI=1S/C12H18O2S/c1-9-7-15-8-10(9)11(13)5-6-12(2,3)14-4/h7-8H,5-6H2,1-4H3. The van der Waals surface area contributed by atoms with Crippen LogP contribution >= 0.6 is 11.3 Å². The minimum absolute atomic E-state index is 0.209. The van der Waals surface area contributed by atoms with Crippen molar-refractivity contribution in [3.63, 3.8) is 0 Å². The molecule has 1 rings (SSSR count). The summed E-state index contributed by atoms with van der Waals surface area (Å²) >= 11 is 1.58. The molecule has 0 aliphatic rings. The Kier molecular flexibility index (Phi) is 4.05. The first-order valence-corrected chi connectivity index (χ1v) is 6.02. The van der Waals surface area contributed by atoms with Crippen LogP contribution < -0.4 is 0 Å². The van der Waals surface area contributed by atoms with E-state index >= 15 is 0 Å². The predicted octanol–water partition coefficient (Wildman–Crippen LogP) is 3.44. The number of carbonyl (C=O) groups is 1. The van der Waals surface area contributed by atoms with Gasteiger partial charge in [-0.1, -0.05) is 0 Å². The molecule has 1 aromatic rings. The zero-order valence-corrected chi connectivity index (χ0v) is 10.6. The van der Waals surface area contributed by atoms with E-state index in [0.29, 0.717) is 6.42 Å². The fourth-order valence-electron chi connectivity index (χ4n) is 1.30. The maximum Gasteiger partial charge on any atom is 0.164 e. The van der Waals surface area contributed by atoms with Gasteiger partial charge in [0, 0.05) is 24.5 Å². The number of carbonyl (C=O) groups excluding carboxylic acids is 1. The predicted molar refractivity (Wildman–Crippen MR) is 63.7 cm³/mol. The normalized spacial score (nSPS) is 11.7. The molecule has 0 aliphatic carbocycles. The summed E-state index contributed by atoms with van der Waals surface area (Å²) in [6.45, 7) is 5.98. The molecule has 1 heterocycles. The Bertz CT molecular complexity index is 339. The summed E-state index contributed by atoms with van der Waals surface area (Å²) in [5.41, 5.74) is 1.74. The topological polar surface area (TPSA) is 26.3 Å². The van der Waals surface area contributed by atoms with Gasteiger partial charge in [-0.3, -0.25) is 4.79 Å². The van der Waals surface area contributed by atoms with Gasteiger partial charge in [0.15, 0.2) is 5.78 Å². The molecular weight excluding hydrogens is 208 g/mol. The van der Waals surface area contributed by atoms with E-state index in [1.165, 1.54) is 0 Å². The van der Waals surface area contributed by atoms with Crippen molar-refractivity contribution >= 4 is 17.1 Å². The number of hydrogen-bond donors (Lipinski definition) is 0. The third-order valence-electron chi connectivity index (χ3n) is 2.66. The van der Waals surface area contributed by atoms with Gasteiger partial charge in [0.1, 0.15) is 0 Å². The molecule has 1 aromatic heterocycles. The van der Waals surface area contributed by atoms with Crippen LogP contribution in [0.1, 0.15) is 42.6 Å². The van der Waals surface area contributed by atoms with E-state index in [4.69, 9.17) is 4.74 Å². The lowest BCUT2D eigenvalue weighted by Gasteiger charge is -2.22. The Labute approximate surface area is 95.3 Å². The van der Waals surface area contributed by atoms with E-state index in [0.717, 1.165) is 17.5 Å². The van der Waals surface area contributed by atoms with E-state index in [2.05, 4.69) is 0 Å². The maximum atomic E-state index is 11.8. The smallest absolute Gasteiger partial charge is 0.164 e. The van der Waals surface area contributed by atoms with Crippen molar-refractivity contribution in [1.82, 2.24) is 0 Å². The number of Topliss-reactive ketones (excluding diaryl/α,β-unsaturated/α-hetero) is 1. The van der Waals surface area contributed by atoms with Crippen molar-refractivity contribution in [2.75, 3.05) is 7.11 Å². The number of methoxy groups -OCH3 is 1. The SMILES string of the molecule is COC(C)(C)CCC(=O)c1cscc1C. The monoisotopic (exact) mass is 226 g/mol. The number of rotatable bonds is 5. The number of hydrogen-bond acceptors (Lipinski definition) is 3. The highest BCUT2D eigenvalue weighted by atomic mass is 32.1. The molecular formula is C12H18O2S. The number of ketones is 1. The van der Waals surface area contributed by atoms with Gasteiger partial charge in [-0.05, 0) is 38.1 Å². The van der Waals surface area contributed by atoms with Crippen molar-refractivity contribution in [1.29, 1.82) is 0 Å². The zero-order chi connectivity index (χ0) is 11.5. The van der Waals surface area contributed by atoms with Gasteiger partial charge >= 0.3 is 0 Å². The van der Waals surface area contributed by atoms with Gasteiger partial charge in [-0.2, -0.15) is 11.3 Å². The van der Waals surface area contributed by atoms with Crippen molar-refractivity contribution in [3.8, 4) is 0 Å². The lowest BCUT2D eigenvalue weighted by molar-refractivity contribution is 0.0141. The molecule has 0 aliphatic heterocycles. The van der Waals surface area contributed by atoms with Gasteiger partial charge < -0.3 is 4.74 Å². The highest BCUT2D eigenvalue weighted by molar-refractivity contribution is 7.08. The first-order chi connectivity index (χ1) is 6.96. The Balaban J connectivity index is 2.55. The van der Waals surface area contributed by atoms with Crippen LogP contribution in [0.15, 0.2) is 10.8 Å². The van der Waals surface area contributed by atoms with Crippen molar-refractivity contribution in [2.45, 2.75) is 39.2 Å². The number of ether oxygens (including phenoxy) is 1. The van der Waals surface area contributed by atoms with Crippen LogP contribution in [0.3, 0.4) is 0 Å². The van der Waals surface area contributed by atoms with Crippen LogP contribution in [0.5, 0.6) is 0 Å². The minimum atomic E-state index is -0.209. The molecule has 0 spiro atoms. The van der Waals surface area contributed by atoms with Gasteiger partial charge in [0.2, 0.25) is 0 Å². The molecule has 0 unspecified atom stereocenters. The second-order valence-electron chi connectivity index (χ2n) is 4.36. The van der Waals surface area contributed by atoms with Gasteiger partial charge in [0.25, 0.3) is 0 Å². The Morgan fingerprint density at radius 1 is 1.47 bits per heavy atom. The van der Waals surface area contributed by atoms with E-state index < -0.39 is 0 Å². The molecule has 0 aromatic carbocycles. The summed E-state index contributed by atoms with van der Waals surface area (Å²) in [6, 6.07) is 0. The van der Waals surface area contributed by atoms with Crippen LogP contribution in [-0.2, 0) is 4.74 Å². The summed E-state index contributed by atoms with van der Waals surface area (Å²) in [5, 5.41) is 3.94. The third kappa shape index (κ3) is 3.43. The quantitative estimate of drug-likeness (QED) is 0.719. The van der Waals surface area contributed by atoms with Gasteiger partial charge in [0.05, 0.1) is 5.60 Å². The second kappa shape index (κ2) is 4.90. The molecule has 0 fully saturated rings. The summed E-state index contributed by atoms with van der Waals surface area (Å²) in [5.74, 6) is 0.221. The Hall–Kier alpha value is -0.670. The molecule has 0 atom stereocenters. The summed E-state index contributed by atoms with van der Waals surface area (Å²) in [6.07, 6.45) is 1.32. The molecule has 3 heteroatoms. The molecule has 0 saturated heterocycles. The second-order valence-corrected chi connectivity index (χ2v) is 5.10. The van der Waals surface area contributed by atoms with E-state index in [1.54, 1.807) is 18.4 Å². The molecule has 0 radical (unpaired) electrons. The molecule has 2 nitrogen and oxygen atoms in total. The van der Waals surface area contributed by atoms with Crippen LogP contribution in [0.4, 0.5) is 0 Å². The lowest BCUT2D eigenvalue weighted by atomic mass is 9.98. The summed E-state index contributed by atoms with van der Waals surface area (Å²) < 4.78 is 5.29. The third-order valence-corrected chi connectivity index (χ3v) is 3.52. The molecule has 0 bridgehead atoms. The first-order valence-electron chi connectivity index (χ1n) is 5.07. The highest BCUT2D eigenvalue weighted by Gasteiger charge is 2.19. The lowest BCUT2D eigenvalue weighted by Crippen LogP contribution is -2.23. The van der Waals surface area contributed by atoms with Crippen LogP contribution in [-0.4, -0.2) is 18.5 Å². The van der Waals surface area contributed by atoms with Crippen LogP contribution in [0, 0.1) is 6.92 Å². The van der Waals surface area contributed by atoms with E-state index in [9.17, 15) is 4.79 Å². The molecule has 0 N–H and O–H groups in total. The highest BCUT2D eigenvalue weighted by Crippen LogP contribution is 2.20. The molecule has 84 valence electrons. The molecule has 0 amide bonds. The Morgan fingerprint density at radius 2 is 2.13 bits per heavy atom. The molecule has 15 heavy (non-hydrogen) atoms. The average molecular weight is 226 g/mol. The average Bonchev–Trinajstić information content (AvgIpc) is 2.61. The van der Waals surface area contributed by atoms with Crippen molar-refractivity contribution in [3.05, 3.63) is 21.9 Å². The van der Waals surface area contributed by atoms with Crippen molar-refractivity contribution in [2.24, 2.45) is 0 Å². The zero-order valence-electron chi connectivity index (χ0n) is 9.79. The van der Waals surface area contributed by atoms with Crippen molar-refractivity contribution < 1.29 is 9.53 Å². The fraction of sp³-hybridized carbons (Fsp3) is 0.583. The van der Waals surface area contributed by atoms with Gasteiger partial charge in [-0.15, -0.1) is 0 Å². The number of thiophene rings is 1. The Morgan fingerprint density at radius 3 is 2.60 bits per heavy atom. The van der Waals surface area contributed by atoms with E-state index in [1.807, 2.05) is 31.5 Å². The summed E-state index contributed by atoms with van der Waals surface area (Å²) in [4.78, 5) is 11.8. The summed E-state index contributed by atoms with van der Waals surface area (Å²) in [7, 11) is 1.68. The van der Waals surface area contributed by atoms with Crippen LogP contribution in [0.2, 0.25) is 0 Å². The van der Waals surface area contributed by atoms with Gasteiger partial charge in [-0.25, -0.2) is 0 Å². The largest absolute Gasteiger partial charge is 0.379 e. The first kappa shape index (κ1) is 12.4. The minimum Gasteiger partial charge on any atom is -0.379 e. The molecule has 0 saturated carbocycles. The van der Waals surface area contributed by atoms with E-state index in [-0.39, 0.29) is 11.4 Å². The van der Waals surface area contributed by atoms with Crippen LogP contribution in [0.25, 0.3) is 0 Å². The number of aryl methyl sites for hydroxylation is 1. The maximum absolute atomic E-state index is 11.8.